The van der Waals surface area contributed by atoms with Crippen LogP contribution in [0.2, 0.25) is 0 Å². The first-order chi connectivity index (χ1) is 29.5. The highest BCUT2D eigenvalue weighted by Gasteiger charge is 2.55. The van der Waals surface area contributed by atoms with Gasteiger partial charge in [0.2, 0.25) is 17.7 Å². The summed E-state index contributed by atoms with van der Waals surface area (Å²) in [7, 11) is 4.41. The lowest BCUT2D eigenvalue weighted by atomic mass is 9.88. The van der Waals surface area contributed by atoms with Gasteiger partial charge in [0.15, 0.2) is 11.4 Å². The highest BCUT2D eigenvalue weighted by molar-refractivity contribution is 8.76. The molecule has 2 aliphatic rings. The number of rotatable bonds is 23. The Morgan fingerprint density at radius 3 is 2.37 bits per heavy atom. The van der Waals surface area contributed by atoms with E-state index in [-0.39, 0.29) is 37.4 Å². The summed E-state index contributed by atoms with van der Waals surface area (Å²) in [6, 6.07) is 13.1. The Balaban J connectivity index is 1.09. The number of nitrogens with one attached hydrogen (secondary N) is 3. The number of pyridine rings is 1. The van der Waals surface area contributed by atoms with Gasteiger partial charge in [-0.25, -0.2) is 13.4 Å². The maximum absolute atomic E-state index is 17.3. The molecule has 0 saturated carbocycles. The second-order valence-electron chi connectivity index (χ2n) is 15.9. The van der Waals surface area contributed by atoms with Gasteiger partial charge in [0, 0.05) is 78.3 Å². The number of aryl methyl sites for hydroxylation is 1. The molecule has 0 radical (unpaired) electrons. The predicted octanol–water partition coefficient (Wildman–Crippen LogP) is 5.98. The number of nitrogens with zero attached hydrogens (tertiary/aromatic N) is 4. The quantitative estimate of drug-likeness (QED) is 0.0267. The molecule has 6 heterocycles. The lowest BCUT2D eigenvalue weighted by molar-refractivity contribution is -0.870. The number of fused-ring (bicyclic) bond motifs is 2. The number of halogens is 2. The fourth-order valence-corrected chi connectivity index (χ4v) is 11.2. The maximum atomic E-state index is 17.3. The summed E-state index contributed by atoms with van der Waals surface area (Å²) in [5, 5.41) is 12.3. The van der Waals surface area contributed by atoms with Gasteiger partial charge in [0.25, 0.3) is 0 Å². The van der Waals surface area contributed by atoms with Crippen LogP contribution in [0.1, 0.15) is 54.7 Å². The van der Waals surface area contributed by atoms with Gasteiger partial charge in [-0.1, -0.05) is 29.0 Å². The Kier molecular flexibility index (Phi) is 16.1. The molecular formula is C41H50BF2N7O6S5. The van der Waals surface area contributed by atoms with Crippen LogP contribution in [0.4, 0.5) is 8.63 Å². The second-order valence-corrected chi connectivity index (χ2v) is 21.7. The van der Waals surface area contributed by atoms with Crippen molar-refractivity contribution in [1.82, 2.24) is 25.4 Å². The zero-order valence-electron chi connectivity index (χ0n) is 34.7. The summed E-state index contributed by atoms with van der Waals surface area (Å²) in [5.74, 6) is -2.22. The molecule has 0 spiro atoms. The molecule has 1 unspecified atom stereocenters. The highest BCUT2D eigenvalue weighted by Crippen LogP contribution is 2.43. The lowest BCUT2D eigenvalue weighted by Gasteiger charge is -2.31. The van der Waals surface area contributed by atoms with E-state index < -0.39 is 40.7 Å². The first-order valence-corrected chi connectivity index (χ1v) is 25.9. The molecule has 0 saturated heterocycles. The Bertz CT molecular complexity index is 2420. The normalized spacial score (nSPS) is 15.1. The van der Waals surface area contributed by atoms with Gasteiger partial charge in [0.05, 0.1) is 48.4 Å². The maximum Gasteiger partial charge on any atom is 0.737 e. The molecule has 3 N–H and O–H groups in total. The number of amides is 3. The van der Waals surface area contributed by atoms with Crippen LogP contribution in [0.25, 0.3) is 16.6 Å². The number of carbonyl (C=O) groups is 3. The molecule has 4 aromatic rings. The van der Waals surface area contributed by atoms with Crippen LogP contribution in [0.5, 0.6) is 0 Å². The SMILES string of the molecule is C[N+](C)(C)CCCc1cc(-c2cccs2)n2c1C=C1C(CCC(=O)NC(CS(=O)(=O)[O-])C(=O)NCCCCC(=O)NCCSSc3ccccn3)=CC(c3cccs3)=[N+]1[B-]2(F)F. The molecule has 4 aromatic heterocycles. The van der Waals surface area contributed by atoms with E-state index in [0.29, 0.717) is 59.1 Å². The van der Waals surface area contributed by atoms with Gasteiger partial charge < -0.3 is 42.6 Å². The zero-order chi connectivity index (χ0) is 44.5. The van der Waals surface area contributed by atoms with Crippen LogP contribution >= 0.6 is 44.3 Å². The minimum atomic E-state index is -4.94. The number of unbranched alkanes of at least 4 members (excludes halogenated alkanes) is 1. The van der Waals surface area contributed by atoms with E-state index in [9.17, 15) is 27.4 Å². The Hall–Kier alpha value is -4.12. The molecule has 0 fully saturated rings. The number of allylic oxidation sites excluding steroid dienone is 2. The van der Waals surface area contributed by atoms with Crippen LogP contribution in [0.3, 0.4) is 0 Å². The van der Waals surface area contributed by atoms with Crippen molar-refractivity contribution in [3.8, 4) is 10.6 Å². The van der Waals surface area contributed by atoms with Crippen molar-refractivity contribution in [1.29, 1.82) is 0 Å². The van der Waals surface area contributed by atoms with Crippen molar-refractivity contribution in [2.75, 3.05) is 52.3 Å². The Morgan fingerprint density at radius 2 is 1.69 bits per heavy atom. The molecule has 0 aromatic carbocycles. The largest absolute Gasteiger partial charge is 0.748 e. The summed E-state index contributed by atoms with van der Waals surface area (Å²) >= 11 is 2.72. The third kappa shape index (κ3) is 12.8. The molecule has 62 heavy (non-hydrogen) atoms. The molecule has 21 heteroatoms. The average Bonchev–Trinajstić information content (AvgIpc) is 4.04. The van der Waals surface area contributed by atoms with E-state index in [4.69, 9.17) is 0 Å². The summed E-state index contributed by atoms with van der Waals surface area (Å²) < 4.78 is 73.0. The molecule has 0 bridgehead atoms. The van der Waals surface area contributed by atoms with Crippen LogP contribution in [0.15, 0.2) is 87.9 Å². The minimum Gasteiger partial charge on any atom is -0.748 e. The predicted molar refractivity (Wildman–Crippen MR) is 245 cm³/mol. The summed E-state index contributed by atoms with van der Waals surface area (Å²) in [5.41, 5.74) is 2.71. The summed E-state index contributed by atoms with van der Waals surface area (Å²) in [4.78, 5) is 44.3. The first-order valence-electron chi connectivity index (χ1n) is 20.2. The van der Waals surface area contributed by atoms with Crippen LogP contribution in [0, 0.1) is 0 Å². The monoisotopic (exact) mass is 945 g/mol. The topological polar surface area (TPSA) is 165 Å². The van der Waals surface area contributed by atoms with E-state index in [0.717, 1.165) is 37.4 Å². The van der Waals surface area contributed by atoms with E-state index in [2.05, 4.69) is 42.1 Å². The highest BCUT2D eigenvalue weighted by atomic mass is 33.1. The number of aromatic nitrogens is 2. The summed E-state index contributed by atoms with van der Waals surface area (Å²) in [6.07, 6.45) is 7.28. The van der Waals surface area contributed by atoms with Crippen molar-refractivity contribution in [3.63, 3.8) is 0 Å². The number of quaternary nitrogens is 1. The molecule has 3 amide bonds. The Morgan fingerprint density at radius 1 is 0.935 bits per heavy atom. The van der Waals surface area contributed by atoms with Crippen molar-refractivity contribution in [2.45, 2.75) is 56.0 Å². The zero-order valence-corrected chi connectivity index (χ0v) is 38.8. The van der Waals surface area contributed by atoms with Crippen LogP contribution < -0.4 is 16.0 Å². The van der Waals surface area contributed by atoms with Gasteiger partial charge >= 0.3 is 6.97 Å². The molecule has 0 aliphatic carbocycles. The van der Waals surface area contributed by atoms with Gasteiger partial charge in [-0.3, -0.25) is 14.4 Å². The molecule has 6 rings (SSSR count). The molecule has 1 atom stereocenters. The fraction of sp³-hybridized carbons (Fsp3) is 0.390. The number of thiophene rings is 2. The standard InChI is InChI=1S/C41H50BF2N7O6S5/c1-51(2,3)21-8-11-29-25-34(36-12-9-22-58-36)49-32(29)27-33-30(26-35(37-13-10-23-59-37)50(33)42(49,43)44)16-17-39(53)48-31(28-62(55,56)57)41(54)47-19-6-4-14-38(52)45-20-24-60-61-40-15-5-7-18-46-40/h5,7,9-10,12-13,15,18,22-23,25-27,31H,4,6,8,11,14,16-17,19-21,24,28H2,1-3H3,(H3-,45,47,48,52,53,54,55,56,57). The van der Waals surface area contributed by atoms with Gasteiger partial charge in [-0.05, 0) is 83.1 Å². The molecule has 13 nitrogen and oxygen atoms in total. The average molecular weight is 946 g/mol. The number of hydrogen-bond acceptors (Lipinski definition) is 11. The van der Waals surface area contributed by atoms with Crippen molar-refractivity contribution < 1.29 is 45.0 Å². The van der Waals surface area contributed by atoms with Gasteiger partial charge in [-0.15, -0.1) is 22.7 Å². The van der Waals surface area contributed by atoms with Crippen molar-refractivity contribution in [3.05, 3.63) is 99.0 Å². The summed E-state index contributed by atoms with van der Waals surface area (Å²) in [6.45, 7) is -3.02. The smallest absolute Gasteiger partial charge is 0.737 e. The van der Waals surface area contributed by atoms with Crippen LogP contribution in [-0.4, -0.2) is 120 Å². The Labute approximate surface area is 377 Å². The minimum absolute atomic E-state index is 0.00713. The van der Waals surface area contributed by atoms with E-state index in [1.807, 2.05) is 47.2 Å². The van der Waals surface area contributed by atoms with Crippen LogP contribution in [-0.2, 0) is 30.9 Å². The fourth-order valence-electron chi connectivity index (χ4n) is 7.26. The molecular weight excluding hydrogens is 896 g/mol. The molecule has 2 aliphatic heterocycles. The van der Waals surface area contributed by atoms with Crippen molar-refractivity contribution in [2.24, 2.45) is 0 Å². The lowest BCUT2D eigenvalue weighted by Crippen LogP contribution is -2.51. The number of carbonyl (C=O) groups excluding carboxylic acids is 3. The molecule has 332 valence electrons. The van der Waals surface area contributed by atoms with E-state index >= 15 is 8.63 Å². The first kappa shape index (κ1) is 47.4. The van der Waals surface area contributed by atoms with Gasteiger partial charge in [-0.2, -0.15) is 0 Å². The number of hydrogen-bond donors (Lipinski definition) is 3. The van der Waals surface area contributed by atoms with Gasteiger partial charge in [0.1, 0.15) is 11.1 Å². The van der Waals surface area contributed by atoms with E-state index in [1.165, 1.54) is 37.9 Å². The third-order valence-electron chi connectivity index (χ3n) is 10.1. The van der Waals surface area contributed by atoms with E-state index in [1.54, 1.807) is 41.3 Å². The second kappa shape index (κ2) is 21.0. The third-order valence-corrected chi connectivity index (χ3v) is 14.9. The van der Waals surface area contributed by atoms with Crippen molar-refractivity contribution >= 4 is 90.9 Å².